The number of fused-ring (bicyclic) bond motifs is 1. The number of aromatic nitrogens is 1. The molecule has 0 saturated heterocycles. The summed E-state index contributed by atoms with van der Waals surface area (Å²) in [5.74, 6) is -0.442. The fourth-order valence-corrected chi connectivity index (χ4v) is 2.60. The maximum absolute atomic E-state index is 13.3. The van der Waals surface area contributed by atoms with E-state index in [2.05, 4.69) is 0 Å². The molecule has 3 rings (SSSR count). The Kier molecular flexibility index (Phi) is 3.28. The number of rotatable bonds is 2. The Labute approximate surface area is 125 Å². The van der Waals surface area contributed by atoms with Gasteiger partial charge in [-0.05, 0) is 29.8 Å². The Morgan fingerprint density at radius 2 is 1.95 bits per heavy atom. The molecule has 104 valence electrons. The molecule has 0 unspecified atom stereocenters. The van der Waals surface area contributed by atoms with Gasteiger partial charge in [-0.3, -0.25) is 0 Å². The van der Waals surface area contributed by atoms with Crippen LogP contribution in [-0.4, -0.2) is 9.67 Å². The average molecular weight is 301 g/mol. The number of nitriles is 1. The van der Waals surface area contributed by atoms with Gasteiger partial charge in [0.1, 0.15) is 5.82 Å². The van der Waals surface area contributed by atoms with E-state index in [1.807, 2.05) is 18.2 Å². The number of hydrogen-bond acceptors (Lipinski definition) is 2. The van der Waals surface area contributed by atoms with Gasteiger partial charge in [0.15, 0.2) is 0 Å². The van der Waals surface area contributed by atoms with Crippen molar-refractivity contribution in [3.63, 3.8) is 0 Å². The molecule has 0 saturated carbocycles. The Morgan fingerprint density at radius 3 is 2.62 bits per heavy atom. The molecule has 1 N–H and O–H groups in total. The van der Waals surface area contributed by atoms with Gasteiger partial charge in [-0.25, -0.2) is 4.39 Å². The van der Waals surface area contributed by atoms with Gasteiger partial charge in [0.05, 0.1) is 28.6 Å². The molecule has 0 aliphatic heterocycles. The van der Waals surface area contributed by atoms with Gasteiger partial charge in [0.2, 0.25) is 5.88 Å². The molecular formula is C16H10ClFN2O. The van der Waals surface area contributed by atoms with Crippen LogP contribution in [0.25, 0.3) is 10.8 Å². The normalized spacial score (nSPS) is 10.7. The van der Waals surface area contributed by atoms with Gasteiger partial charge in [0.25, 0.3) is 0 Å². The summed E-state index contributed by atoms with van der Waals surface area (Å²) < 4.78 is 14.9. The lowest BCUT2D eigenvalue weighted by molar-refractivity contribution is 0.430. The molecule has 21 heavy (non-hydrogen) atoms. The second-order valence-corrected chi connectivity index (χ2v) is 5.15. The van der Waals surface area contributed by atoms with Gasteiger partial charge in [-0.2, -0.15) is 5.26 Å². The molecule has 0 spiro atoms. The minimum atomic E-state index is -0.442. The highest BCUT2D eigenvalue weighted by Crippen LogP contribution is 2.34. The third-order valence-corrected chi connectivity index (χ3v) is 3.61. The molecule has 0 aliphatic rings. The van der Waals surface area contributed by atoms with E-state index in [-0.39, 0.29) is 10.9 Å². The first kappa shape index (κ1) is 13.5. The minimum Gasteiger partial charge on any atom is -0.494 e. The fraction of sp³-hybridized carbons (Fsp3) is 0.0625. The molecule has 1 aromatic heterocycles. The van der Waals surface area contributed by atoms with Crippen molar-refractivity contribution in [3.05, 3.63) is 64.6 Å². The number of benzene rings is 2. The van der Waals surface area contributed by atoms with E-state index < -0.39 is 5.82 Å². The lowest BCUT2D eigenvalue weighted by atomic mass is 10.1. The summed E-state index contributed by atoms with van der Waals surface area (Å²) in [4.78, 5) is 0. The first-order valence-corrected chi connectivity index (χ1v) is 6.62. The molecule has 5 heteroatoms. The summed E-state index contributed by atoms with van der Waals surface area (Å²) in [6.07, 6.45) is 1.65. The Morgan fingerprint density at radius 1 is 1.24 bits per heavy atom. The zero-order valence-corrected chi connectivity index (χ0v) is 11.6. The first-order valence-electron chi connectivity index (χ1n) is 6.24. The highest BCUT2D eigenvalue weighted by Gasteiger charge is 2.13. The summed E-state index contributed by atoms with van der Waals surface area (Å²) in [7, 11) is 0. The molecule has 1 heterocycles. The van der Waals surface area contributed by atoms with E-state index in [1.165, 1.54) is 12.1 Å². The summed E-state index contributed by atoms with van der Waals surface area (Å²) in [6, 6.07) is 11.6. The molecule has 0 fully saturated rings. The number of aromatic hydroxyl groups is 1. The van der Waals surface area contributed by atoms with Crippen LogP contribution in [0.4, 0.5) is 4.39 Å². The second kappa shape index (κ2) is 5.12. The van der Waals surface area contributed by atoms with Crippen molar-refractivity contribution >= 4 is 22.4 Å². The van der Waals surface area contributed by atoms with E-state index in [4.69, 9.17) is 16.9 Å². The monoisotopic (exact) mass is 300 g/mol. The van der Waals surface area contributed by atoms with Crippen LogP contribution in [0.1, 0.15) is 11.1 Å². The highest BCUT2D eigenvalue weighted by molar-refractivity contribution is 6.36. The average Bonchev–Trinajstić information content (AvgIpc) is 2.76. The maximum Gasteiger partial charge on any atom is 0.200 e. The van der Waals surface area contributed by atoms with Gasteiger partial charge in [0, 0.05) is 11.6 Å². The van der Waals surface area contributed by atoms with Gasteiger partial charge < -0.3 is 9.67 Å². The third-order valence-electron chi connectivity index (χ3n) is 3.31. The molecule has 3 nitrogen and oxygen atoms in total. The highest BCUT2D eigenvalue weighted by atomic mass is 35.5. The first-order chi connectivity index (χ1) is 10.1. The summed E-state index contributed by atoms with van der Waals surface area (Å²) >= 11 is 5.97. The van der Waals surface area contributed by atoms with Crippen LogP contribution >= 0.6 is 11.6 Å². The van der Waals surface area contributed by atoms with Crippen LogP contribution in [0.15, 0.2) is 42.6 Å². The zero-order chi connectivity index (χ0) is 15.0. The SMILES string of the molecule is N#Cc1ccc(Cn2cc3cc(F)cc(Cl)c3c2O)cc1. The minimum absolute atomic E-state index is 0.000593. The summed E-state index contributed by atoms with van der Waals surface area (Å²) in [5.41, 5.74) is 1.49. The molecule has 0 bridgehead atoms. The molecule has 0 atom stereocenters. The van der Waals surface area contributed by atoms with Gasteiger partial charge >= 0.3 is 0 Å². The van der Waals surface area contributed by atoms with E-state index in [1.54, 1.807) is 22.9 Å². The van der Waals surface area contributed by atoms with Crippen molar-refractivity contribution in [1.82, 2.24) is 4.57 Å². The van der Waals surface area contributed by atoms with Gasteiger partial charge in [-0.15, -0.1) is 0 Å². The molecule has 2 aromatic carbocycles. The van der Waals surface area contributed by atoms with Crippen LogP contribution in [-0.2, 0) is 6.54 Å². The van der Waals surface area contributed by atoms with Crippen LogP contribution in [0.5, 0.6) is 5.88 Å². The van der Waals surface area contributed by atoms with Crippen LogP contribution in [0.3, 0.4) is 0 Å². The topological polar surface area (TPSA) is 49.0 Å². The Bertz CT molecular complexity index is 863. The standard InChI is InChI=1S/C16H10ClFN2O/c17-14-6-13(18)5-12-9-20(16(21)15(12)14)8-11-3-1-10(7-19)2-4-11/h1-6,9,21H,8H2. The predicted octanol–water partition coefficient (Wildman–Crippen LogP) is 4.06. The Hall–Kier alpha value is -2.51. The second-order valence-electron chi connectivity index (χ2n) is 4.74. The summed E-state index contributed by atoms with van der Waals surface area (Å²) in [5, 5.41) is 20.2. The lowest BCUT2D eigenvalue weighted by Gasteiger charge is -2.05. The van der Waals surface area contributed by atoms with Crippen molar-refractivity contribution in [2.75, 3.05) is 0 Å². The predicted molar refractivity (Wildman–Crippen MR) is 78.8 cm³/mol. The molecule has 0 radical (unpaired) electrons. The smallest absolute Gasteiger partial charge is 0.200 e. The summed E-state index contributed by atoms with van der Waals surface area (Å²) in [6.45, 7) is 0.407. The van der Waals surface area contributed by atoms with Crippen molar-refractivity contribution < 1.29 is 9.50 Å². The zero-order valence-electron chi connectivity index (χ0n) is 10.8. The Balaban J connectivity index is 2.02. The van der Waals surface area contributed by atoms with Gasteiger partial charge in [-0.1, -0.05) is 23.7 Å². The fourth-order valence-electron chi connectivity index (χ4n) is 2.31. The van der Waals surface area contributed by atoms with E-state index in [0.29, 0.717) is 22.9 Å². The largest absolute Gasteiger partial charge is 0.494 e. The van der Waals surface area contributed by atoms with Crippen molar-refractivity contribution in [1.29, 1.82) is 5.26 Å². The van der Waals surface area contributed by atoms with Crippen LogP contribution < -0.4 is 0 Å². The molecule has 0 amide bonds. The number of hydrogen-bond donors (Lipinski definition) is 1. The van der Waals surface area contributed by atoms with Crippen molar-refractivity contribution in [2.24, 2.45) is 0 Å². The molecule has 3 aromatic rings. The van der Waals surface area contributed by atoms with E-state index in [9.17, 15) is 9.50 Å². The molecule has 0 aliphatic carbocycles. The van der Waals surface area contributed by atoms with Crippen LogP contribution in [0.2, 0.25) is 5.02 Å². The lowest BCUT2D eigenvalue weighted by Crippen LogP contribution is -1.97. The van der Waals surface area contributed by atoms with Crippen LogP contribution in [0, 0.1) is 17.1 Å². The third kappa shape index (κ3) is 2.44. The van der Waals surface area contributed by atoms with Crippen molar-refractivity contribution in [3.8, 4) is 11.9 Å². The molecular weight excluding hydrogens is 291 g/mol. The maximum atomic E-state index is 13.3. The quantitative estimate of drug-likeness (QED) is 0.776. The van der Waals surface area contributed by atoms with E-state index in [0.717, 1.165) is 5.56 Å². The van der Waals surface area contributed by atoms with E-state index >= 15 is 0 Å². The van der Waals surface area contributed by atoms with Crippen molar-refractivity contribution in [2.45, 2.75) is 6.54 Å². The number of halogens is 2. The number of nitrogens with zero attached hydrogens (tertiary/aromatic N) is 2.